The summed E-state index contributed by atoms with van der Waals surface area (Å²) < 4.78 is 11.8. The number of rotatable bonds is 7. The van der Waals surface area contributed by atoms with E-state index in [1.165, 1.54) is 32.1 Å². The van der Waals surface area contributed by atoms with E-state index in [9.17, 15) is 14.4 Å². The minimum atomic E-state index is -1.79. The van der Waals surface area contributed by atoms with Gasteiger partial charge in [-0.05, 0) is 43.4 Å². The van der Waals surface area contributed by atoms with Gasteiger partial charge in [-0.25, -0.2) is 4.79 Å². The number of aliphatic hydroxyl groups is 1. The maximum Gasteiger partial charge on any atom is 0.333 e. The van der Waals surface area contributed by atoms with E-state index in [0.717, 1.165) is 31.9 Å². The topological polar surface area (TPSA) is 160 Å². The second kappa shape index (κ2) is 10.5. The molecule has 2 aliphatic heterocycles. The normalized spacial score (nSPS) is 29.7. The Morgan fingerprint density at radius 3 is 2.25 bits per heavy atom. The number of nitrogens with zero attached hydrogens (tertiary/aromatic N) is 1. The van der Waals surface area contributed by atoms with Crippen LogP contribution in [0.4, 0.5) is 0 Å². The van der Waals surface area contributed by atoms with Crippen molar-refractivity contribution in [3.05, 3.63) is 35.4 Å². The van der Waals surface area contributed by atoms with Gasteiger partial charge in [-0.2, -0.15) is 0 Å². The van der Waals surface area contributed by atoms with Crippen molar-refractivity contribution in [2.75, 3.05) is 33.4 Å². The Morgan fingerprint density at radius 2 is 1.81 bits per heavy atom. The lowest BCUT2D eigenvalue weighted by Crippen LogP contribution is -2.66. The Morgan fingerprint density at radius 1 is 1.17 bits per heavy atom. The monoisotopic (exact) mass is 504 g/mol. The average Bonchev–Trinajstić information content (AvgIpc) is 2.76. The molecule has 10 heteroatoms. The van der Waals surface area contributed by atoms with E-state index in [-0.39, 0.29) is 11.5 Å². The van der Waals surface area contributed by atoms with Crippen molar-refractivity contribution in [1.82, 2.24) is 4.90 Å². The summed E-state index contributed by atoms with van der Waals surface area (Å²) in [7, 11) is 1.85. The predicted octanol–water partition coefficient (Wildman–Crippen LogP) is 1.44. The molecule has 1 spiro atoms. The number of aliphatic carboxylic acids is 2. The third-order valence-corrected chi connectivity index (χ3v) is 8.49. The Hall–Kier alpha value is -2.53. The number of benzene rings is 1. The van der Waals surface area contributed by atoms with Gasteiger partial charge in [-0.1, -0.05) is 18.6 Å². The van der Waals surface area contributed by atoms with Gasteiger partial charge in [-0.3, -0.25) is 14.5 Å². The summed E-state index contributed by atoms with van der Waals surface area (Å²) in [6, 6.07) is 8.56. The number of carboxylic acid groups (broad SMARTS) is 2. The number of nitrogens with two attached hydrogens (primary N) is 1. The van der Waals surface area contributed by atoms with E-state index in [1.54, 1.807) is 6.07 Å². The van der Waals surface area contributed by atoms with E-state index in [2.05, 4.69) is 11.0 Å². The smallest absolute Gasteiger partial charge is 0.333 e. The SMILES string of the molecule is COC1(c2cccc(C(N)=O)c2)C2CCCC1CN(C1CC3(COC3)C1)C2.O=C(O)C[C@H](O)C(=O)O. The molecule has 0 aromatic heterocycles. The zero-order valence-electron chi connectivity index (χ0n) is 20.6. The molecule has 36 heavy (non-hydrogen) atoms. The number of primary amides is 1. The second-order valence-corrected chi connectivity index (χ2v) is 10.7. The third-order valence-electron chi connectivity index (χ3n) is 8.49. The lowest BCUT2D eigenvalue weighted by atomic mass is 9.59. The highest BCUT2D eigenvalue weighted by atomic mass is 16.5. The van der Waals surface area contributed by atoms with E-state index in [4.69, 9.17) is 30.5 Å². The minimum Gasteiger partial charge on any atom is -0.481 e. The first-order chi connectivity index (χ1) is 17.1. The van der Waals surface area contributed by atoms with Crippen LogP contribution >= 0.6 is 0 Å². The number of carboxylic acids is 2. The highest BCUT2D eigenvalue weighted by Crippen LogP contribution is 2.55. The van der Waals surface area contributed by atoms with E-state index < -0.39 is 24.5 Å². The molecule has 10 nitrogen and oxygen atoms in total. The van der Waals surface area contributed by atoms with Crippen LogP contribution in [0.2, 0.25) is 0 Å². The van der Waals surface area contributed by atoms with E-state index >= 15 is 0 Å². The molecule has 2 saturated carbocycles. The fourth-order valence-electron chi connectivity index (χ4n) is 6.68. The van der Waals surface area contributed by atoms with Gasteiger partial charge in [0.05, 0.1) is 19.6 Å². The molecule has 1 amide bonds. The summed E-state index contributed by atoms with van der Waals surface area (Å²) in [6.07, 6.45) is 3.68. The summed E-state index contributed by atoms with van der Waals surface area (Å²) in [5.74, 6) is -2.28. The van der Waals surface area contributed by atoms with Crippen molar-refractivity contribution in [2.24, 2.45) is 23.0 Å². The summed E-state index contributed by atoms with van der Waals surface area (Å²) in [5, 5.41) is 24.1. The lowest BCUT2D eigenvalue weighted by Gasteiger charge is -2.61. The number of hydrogen-bond donors (Lipinski definition) is 4. The molecule has 2 unspecified atom stereocenters. The van der Waals surface area contributed by atoms with Crippen molar-refractivity contribution in [2.45, 2.75) is 56.3 Å². The molecule has 2 aliphatic carbocycles. The van der Waals surface area contributed by atoms with Gasteiger partial charge in [0, 0.05) is 49.1 Å². The molecule has 5 N–H and O–H groups in total. The van der Waals surface area contributed by atoms with Crippen LogP contribution in [0.3, 0.4) is 0 Å². The number of likely N-dealkylation sites (tertiary alicyclic amines) is 1. The molecule has 0 radical (unpaired) electrons. The van der Waals surface area contributed by atoms with Crippen LogP contribution in [0.5, 0.6) is 0 Å². The van der Waals surface area contributed by atoms with Crippen LogP contribution < -0.4 is 5.73 Å². The molecule has 2 heterocycles. The number of aliphatic hydroxyl groups excluding tert-OH is 1. The molecule has 4 fully saturated rings. The maximum absolute atomic E-state index is 11.7. The van der Waals surface area contributed by atoms with Crippen molar-refractivity contribution in [1.29, 1.82) is 0 Å². The molecule has 1 aromatic carbocycles. The predicted molar refractivity (Wildman–Crippen MR) is 128 cm³/mol. The minimum absolute atomic E-state index is 0.290. The van der Waals surface area contributed by atoms with Gasteiger partial charge >= 0.3 is 11.9 Å². The zero-order valence-corrected chi connectivity index (χ0v) is 20.6. The van der Waals surface area contributed by atoms with Crippen LogP contribution in [0.25, 0.3) is 0 Å². The number of hydrogen-bond acceptors (Lipinski definition) is 7. The standard InChI is InChI=1S/C22H30N2O3.C4H6O5/c1-26-22(16-5-2-4-15(8-16)20(23)25)17-6-3-7-18(22)12-24(11-17)19-9-21(10-19)13-27-14-21;5-2(4(8)9)1-3(6)7/h2,4-5,8,17-19H,3,6-7,9-14H2,1H3,(H2,23,25);2,5H,1H2,(H,6,7)(H,8,9)/t;2-/m.0/s1. The van der Waals surface area contributed by atoms with Crippen molar-refractivity contribution >= 4 is 17.8 Å². The molecular formula is C26H36N2O8. The lowest BCUT2D eigenvalue weighted by molar-refractivity contribution is -0.215. The molecule has 1 aromatic rings. The average molecular weight is 505 g/mol. The second-order valence-electron chi connectivity index (χ2n) is 10.7. The number of fused-ring (bicyclic) bond motifs is 2. The van der Waals surface area contributed by atoms with E-state index in [0.29, 0.717) is 28.9 Å². The largest absolute Gasteiger partial charge is 0.481 e. The van der Waals surface area contributed by atoms with Crippen molar-refractivity contribution in [3.8, 4) is 0 Å². The van der Waals surface area contributed by atoms with Crippen molar-refractivity contribution < 1.29 is 39.2 Å². The summed E-state index contributed by atoms with van der Waals surface area (Å²) in [6.45, 7) is 4.11. The van der Waals surface area contributed by atoms with Crippen molar-refractivity contribution in [3.63, 3.8) is 0 Å². The highest BCUT2D eigenvalue weighted by Gasteiger charge is 2.57. The Kier molecular flexibility index (Phi) is 7.70. The maximum atomic E-state index is 11.7. The van der Waals surface area contributed by atoms with Gasteiger partial charge in [0.2, 0.25) is 5.91 Å². The van der Waals surface area contributed by atoms with Gasteiger partial charge in [0.25, 0.3) is 0 Å². The van der Waals surface area contributed by atoms with Crippen LogP contribution in [-0.4, -0.2) is 83.6 Å². The fourth-order valence-corrected chi connectivity index (χ4v) is 6.68. The number of carbonyl (C=O) groups excluding carboxylic acids is 1. The zero-order chi connectivity index (χ0) is 26.1. The van der Waals surface area contributed by atoms with Gasteiger partial charge < -0.3 is 30.5 Å². The summed E-state index contributed by atoms with van der Waals surface area (Å²) in [5.41, 5.74) is 7.47. The Bertz CT molecular complexity index is 972. The van der Waals surface area contributed by atoms with Gasteiger partial charge in [-0.15, -0.1) is 0 Å². The summed E-state index contributed by atoms with van der Waals surface area (Å²) >= 11 is 0. The third kappa shape index (κ3) is 5.00. The Balaban J connectivity index is 0.000000292. The Labute approximate surface area is 210 Å². The number of piperidine rings is 1. The molecule has 3 atom stereocenters. The molecular weight excluding hydrogens is 468 g/mol. The number of amides is 1. The molecule has 198 valence electrons. The quantitative estimate of drug-likeness (QED) is 0.431. The first-order valence-corrected chi connectivity index (χ1v) is 12.5. The van der Waals surface area contributed by atoms with Gasteiger partial charge in [0.1, 0.15) is 5.60 Å². The molecule has 4 aliphatic rings. The first-order valence-electron chi connectivity index (χ1n) is 12.5. The van der Waals surface area contributed by atoms with Crippen LogP contribution in [0.1, 0.15) is 54.4 Å². The van der Waals surface area contributed by atoms with Crippen LogP contribution in [0, 0.1) is 17.3 Å². The number of methoxy groups -OCH3 is 1. The van der Waals surface area contributed by atoms with E-state index in [1.807, 2.05) is 19.2 Å². The fraction of sp³-hybridized carbons (Fsp3) is 0.654. The number of carbonyl (C=O) groups is 3. The molecule has 5 rings (SSSR count). The molecule has 2 saturated heterocycles. The van der Waals surface area contributed by atoms with Crippen LogP contribution in [0.15, 0.2) is 24.3 Å². The van der Waals surface area contributed by atoms with Gasteiger partial charge in [0.15, 0.2) is 6.10 Å². The molecule has 2 bridgehead atoms. The highest BCUT2D eigenvalue weighted by molar-refractivity contribution is 5.93. The number of ether oxygens (including phenoxy) is 2. The van der Waals surface area contributed by atoms with Crippen LogP contribution in [-0.2, 0) is 24.7 Å². The summed E-state index contributed by atoms with van der Waals surface area (Å²) in [4.78, 5) is 33.9. The first kappa shape index (κ1) is 26.5.